The first-order valence-corrected chi connectivity index (χ1v) is 6.53. The first-order chi connectivity index (χ1) is 8.18. The van der Waals surface area contributed by atoms with Crippen LogP contribution in [0.5, 0.6) is 0 Å². The van der Waals surface area contributed by atoms with E-state index in [-0.39, 0.29) is 5.54 Å². The van der Waals surface area contributed by atoms with E-state index < -0.39 is 0 Å². The lowest BCUT2D eigenvalue weighted by atomic mass is 9.93. The molecule has 0 bridgehead atoms. The molecule has 0 spiro atoms. The third-order valence-corrected chi connectivity index (χ3v) is 3.72. The van der Waals surface area contributed by atoms with Crippen LogP contribution in [0.15, 0.2) is 24.5 Å². The molecule has 2 rings (SSSR count). The maximum Gasteiger partial charge on any atom is 0.0299 e. The SMILES string of the molecule is CC(C)(CCc1cccnc1)N1CCNCC1. The molecule has 2 heterocycles. The molecule has 1 aromatic heterocycles. The van der Waals surface area contributed by atoms with Gasteiger partial charge in [0.1, 0.15) is 0 Å². The number of aromatic nitrogens is 1. The second-order valence-electron chi connectivity index (χ2n) is 5.41. The summed E-state index contributed by atoms with van der Waals surface area (Å²) < 4.78 is 0. The van der Waals surface area contributed by atoms with Crippen molar-refractivity contribution >= 4 is 0 Å². The lowest BCUT2D eigenvalue weighted by molar-refractivity contribution is 0.0959. The van der Waals surface area contributed by atoms with Gasteiger partial charge in [0.05, 0.1) is 0 Å². The van der Waals surface area contributed by atoms with Crippen LogP contribution in [0.4, 0.5) is 0 Å². The summed E-state index contributed by atoms with van der Waals surface area (Å²) in [5.41, 5.74) is 1.63. The average Bonchev–Trinajstić information content (AvgIpc) is 2.39. The second-order valence-corrected chi connectivity index (χ2v) is 5.41. The molecule has 17 heavy (non-hydrogen) atoms. The molecule has 3 heteroatoms. The Bertz CT molecular complexity index is 329. The van der Waals surface area contributed by atoms with Gasteiger partial charge >= 0.3 is 0 Å². The molecule has 94 valence electrons. The summed E-state index contributed by atoms with van der Waals surface area (Å²) in [6.45, 7) is 9.29. The van der Waals surface area contributed by atoms with Crippen molar-refractivity contribution in [1.29, 1.82) is 0 Å². The van der Waals surface area contributed by atoms with Gasteiger partial charge in [-0.15, -0.1) is 0 Å². The maximum atomic E-state index is 4.17. The molecule has 1 aromatic rings. The van der Waals surface area contributed by atoms with Gasteiger partial charge in [-0.1, -0.05) is 6.07 Å². The molecule has 1 N–H and O–H groups in total. The van der Waals surface area contributed by atoms with E-state index in [4.69, 9.17) is 0 Å². The van der Waals surface area contributed by atoms with Gasteiger partial charge in [0, 0.05) is 44.1 Å². The summed E-state index contributed by atoms with van der Waals surface area (Å²) in [6.07, 6.45) is 6.13. The van der Waals surface area contributed by atoms with E-state index in [0.717, 1.165) is 19.5 Å². The minimum Gasteiger partial charge on any atom is -0.314 e. The molecule has 3 nitrogen and oxygen atoms in total. The Balaban J connectivity index is 1.88. The highest BCUT2D eigenvalue weighted by Crippen LogP contribution is 2.21. The van der Waals surface area contributed by atoms with Crippen LogP contribution in [-0.4, -0.2) is 41.6 Å². The summed E-state index contributed by atoms with van der Waals surface area (Å²) in [5.74, 6) is 0. The van der Waals surface area contributed by atoms with Gasteiger partial charge in [-0.2, -0.15) is 0 Å². The molecule has 0 aliphatic carbocycles. The number of hydrogen-bond acceptors (Lipinski definition) is 3. The smallest absolute Gasteiger partial charge is 0.0299 e. The predicted molar refractivity (Wildman–Crippen MR) is 71.1 cm³/mol. The lowest BCUT2D eigenvalue weighted by Gasteiger charge is -2.41. The average molecular weight is 233 g/mol. The Kier molecular flexibility index (Phi) is 4.13. The second kappa shape index (κ2) is 5.61. The van der Waals surface area contributed by atoms with Crippen LogP contribution in [-0.2, 0) is 6.42 Å². The normalized spacial score (nSPS) is 18.2. The van der Waals surface area contributed by atoms with Crippen molar-refractivity contribution in [3.05, 3.63) is 30.1 Å². The largest absolute Gasteiger partial charge is 0.314 e. The van der Waals surface area contributed by atoms with Gasteiger partial charge in [-0.3, -0.25) is 9.88 Å². The van der Waals surface area contributed by atoms with Crippen molar-refractivity contribution in [3.63, 3.8) is 0 Å². The van der Waals surface area contributed by atoms with Crippen LogP contribution in [0, 0.1) is 0 Å². The molecule has 1 saturated heterocycles. The lowest BCUT2D eigenvalue weighted by Crippen LogP contribution is -2.53. The van der Waals surface area contributed by atoms with Gasteiger partial charge in [0.2, 0.25) is 0 Å². The minimum absolute atomic E-state index is 0.290. The summed E-state index contributed by atoms with van der Waals surface area (Å²) >= 11 is 0. The molecule has 0 amide bonds. The number of nitrogens with zero attached hydrogens (tertiary/aromatic N) is 2. The zero-order valence-electron chi connectivity index (χ0n) is 10.9. The van der Waals surface area contributed by atoms with E-state index >= 15 is 0 Å². The van der Waals surface area contributed by atoms with Crippen LogP contribution >= 0.6 is 0 Å². The monoisotopic (exact) mass is 233 g/mol. The van der Waals surface area contributed by atoms with Crippen molar-refractivity contribution in [2.45, 2.75) is 32.2 Å². The van der Waals surface area contributed by atoms with Crippen LogP contribution in [0.2, 0.25) is 0 Å². The highest BCUT2D eigenvalue weighted by atomic mass is 15.2. The van der Waals surface area contributed by atoms with Crippen LogP contribution in [0.3, 0.4) is 0 Å². The van der Waals surface area contributed by atoms with E-state index in [1.807, 2.05) is 18.5 Å². The number of rotatable bonds is 4. The van der Waals surface area contributed by atoms with Crippen molar-refractivity contribution in [2.24, 2.45) is 0 Å². The van der Waals surface area contributed by atoms with E-state index in [2.05, 4.69) is 35.1 Å². The van der Waals surface area contributed by atoms with E-state index in [0.29, 0.717) is 0 Å². The molecule has 0 unspecified atom stereocenters. The van der Waals surface area contributed by atoms with Gasteiger partial charge in [-0.25, -0.2) is 0 Å². The fraction of sp³-hybridized carbons (Fsp3) is 0.643. The number of pyridine rings is 1. The van der Waals surface area contributed by atoms with Gasteiger partial charge in [-0.05, 0) is 38.3 Å². The predicted octanol–water partition coefficient (Wildman–Crippen LogP) is 1.70. The molecular weight excluding hydrogens is 210 g/mol. The third kappa shape index (κ3) is 3.51. The minimum atomic E-state index is 0.290. The summed E-state index contributed by atoms with van der Waals surface area (Å²) in [6, 6.07) is 4.19. The Labute approximate surface area is 104 Å². The van der Waals surface area contributed by atoms with Crippen LogP contribution < -0.4 is 5.32 Å². The Hall–Kier alpha value is -0.930. The Morgan fingerprint density at radius 1 is 1.35 bits per heavy atom. The van der Waals surface area contributed by atoms with Crippen molar-refractivity contribution in [3.8, 4) is 0 Å². The molecule has 0 radical (unpaired) electrons. The quantitative estimate of drug-likeness (QED) is 0.858. The van der Waals surface area contributed by atoms with Crippen molar-refractivity contribution < 1.29 is 0 Å². The first-order valence-electron chi connectivity index (χ1n) is 6.53. The zero-order chi connectivity index (χ0) is 12.1. The van der Waals surface area contributed by atoms with Crippen molar-refractivity contribution in [1.82, 2.24) is 15.2 Å². The molecule has 1 fully saturated rings. The first kappa shape index (κ1) is 12.5. The van der Waals surface area contributed by atoms with Crippen molar-refractivity contribution in [2.75, 3.05) is 26.2 Å². The third-order valence-electron chi connectivity index (χ3n) is 3.72. The van der Waals surface area contributed by atoms with Crippen LogP contribution in [0.25, 0.3) is 0 Å². The maximum absolute atomic E-state index is 4.17. The van der Waals surface area contributed by atoms with Gasteiger partial charge < -0.3 is 5.32 Å². The highest BCUT2D eigenvalue weighted by molar-refractivity contribution is 5.09. The molecule has 1 aliphatic rings. The fourth-order valence-corrected chi connectivity index (χ4v) is 2.42. The zero-order valence-corrected chi connectivity index (χ0v) is 10.9. The van der Waals surface area contributed by atoms with E-state index in [1.54, 1.807) is 0 Å². The number of nitrogens with one attached hydrogen (secondary N) is 1. The molecule has 0 aromatic carbocycles. The standard InChI is InChI=1S/C14H23N3/c1-14(2,17-10-8-15-9-11-17)6-5-13-4-3-7-16-12-13/h3-4,7,12,15H,5-6,8-11H2,1-2H3. The molecule has 0 saturated carbocycles. The molecular formula is C14H23N3. The number of hydrogen-bond donors (Lipinski definition) is 1. The summed E-state index contributed by atoms with van der Waals surface area (Å²) in [7, 11) is 0. The number of piperazine rings is 1. The highest BCUT2D eigenvalue weighted by Gasteiger charge is 2.27. The summed E-state index contributed by atoms with van der Waals surface area (Å²) in [4.78, 5) is 6.77. The molecule has 1 aliphatic heterocycles. The summed E-state index contributed by atoms with van der Waals surface area (Å²) in [5, 5.41) is 3.41. The fourth-order valence-electron chi connectivity index (χ4n) is 2.42. The van der Waals surface area contributed by atoms with Crippen LogP contribution in [0.1, 0.15) is 25.8 Å². The topological polar surface area (TPSA) is 28.2 Å². The number of aryl methyl sites for hydroxylation is 1. The van der Waals surface area contributed by atoms with E-state index in [1.165, 1.54) is 25.1 Å². The van der Waals surface area contributed by atoms with E-state index in [9.17, 15) is 0 Å². The Morgan fingerprint density at radius 3 is 2.76 bits per heavy atom. The Morgan fingerprint density at radius 2 is 2.12 bits per heavy atom. The molecule has 0 atom stereocenters. The van der Waals surface area contributed by atoms with Gasteiger partial charge in [0.15, 0.2) is 0 Å². The van der Waals surface area contributed by atoms with Gasteiger partial charge in [0.25, 0.3) is 0 Å².